The summed E-state index contributed by atoms with van der Waals surface area (Å²) in [5.74, 6) is 0.892. The smallest absolute Gasteiger partial charge is 0.137 e. The Kier molecular flexibility index (Phi) is 5.53. The molecule has 0 bridgehead atoms. The molecule has 1 aliphatic heterocycles. The van der Waals surface area contributed by atoms with Gasteiger partial charge in [0.1, 0.15) is 11.4 Å². The van der Waals surface area contributed by atoms with Gasteiger partial charge < -0.3 is 14.9 Å². The number of hydrogen-bond donors (Lipinski definition) is 1. The molecule has 1 saturated heterocycles. The first kappa shape index (κ1) is 18.8. The predicted octanol–water partition coefficient (Wildman–Crippen LogP) is 4.75. The zero-order valence-corrected chi connectivity index (χ0v) is 16.9. The highest BCUT2D eigenvalue weighted by atomic mass is 16.5. The molecular formula is C23H30N4O. The van der Waals surface area contributed by atoms with E-state index < -0.39 is 0 Å². The molecule has 0 aliphatic carbocycles. The number of rotatable bonds is 6. The molecular weight excluding hydrogens is 348 g/mol. The number of benzene rings is 1. The molecule has 0 radical (unpaired) electrons. The van der Waals surface area contributed by atoms with Crippen LogP contribution in [0.1, 0.15) is 45.2 Å². The Bertz CT molecular complexity index is 932. The van der Waals surface area contributed by atoms with Gasteiger partial charge >= 0.3 is 0 Å². The number of nitrogens with two attached hydrogens (primary N) is 1. The number of likely N-dealkylation sites (tertiary alicyclic amines) is 1. The maximum atomic E-state index is 6.10. The minimum Gasteiger partial charge on any atom is -0.494 e. The van der Waals surface area contributed by atoms with Crippen molar-refractivity contribution in [2.24, 2.45) is 0 Å². The van der Waals surface area contributed by atoms with Crippen LogP contribution in [0.3, 0.4) is 0 Å². The molecule has 1 aliphatic rings. The summed E-state index contributed by atoms with van der Waals surface area (Å²) < 4.78 is 7.77. The van der Waals surface area contributed by atoms with Gasteiger partial charge in [-0.1, -0.05) is 13.3 Å². The summed E-state index contributed by atoms with van der Waals surface area (Å²) in [5.41, 5.74) is 11.2. The number of piperidine rings is 1. The minimum absolute atomic E-state index is 0.647. The lowest BCUT2D eigenvalue weighted by Crippen LogP contribution is -2.38. The van der Waals surface area contributed by atoms with Crippen LogP contribution in [0.5, 0.6) is 5.75 Å². The third kappa shape index (κ3) is 3.72. The van der Waals surface area contributed by atoms with E-state index >= 15 is 0 Å². The Morgan fingerprint density at radius 3 is 2.68 bits per heavy atom. The zero-order valence-electron chi connectivity index (χ0n) is 16.9. The van der Waals surface area contributed by atoms with Crippen molar-refractivity contribution in [1.29, 1.82) is 0 Å². The third-order valence-electron chi connectivity index (χ3n) is 5.75. The predicted molar refractivity (Wildman–Crippen MR) is 115 cm³/mol. The topological polar surface area (TPSA) is 55.8 Å². The highest BCUT2D eigenvalue weighted by Gasteiger charge is 2.24. The lowest BCUT2D eigenvalue weighted by atomic mass is 9.99. The Balaban J connectivity index is 1.76. The average molecular weight is 379 g/mol. The van der Waals surface area contributed by atoms with Gasteiger partial charge in [0.25, 0.3) is 0 Å². The molecule has 5 heteroatoms. The van der Waals surface area contributed by atoms with Gasteiger partial charge in [0.15, 0.2) is 0 Å². The van der Waals surface area contributed by atoms with Gasteiger partial charge in [-0.3, -0.25) is 4.90 Å². The highest BCUT2D eigenvalue weighted by molar-refractivity contribution is 5.68. The first-order valence-corrected chi connectivity index (χ1v) is 10.4. The number of fused-ring (bicyclic) bond motifs is 1. The van der Waals surface area contributed by atoms with Gasteiger partial charge in [0, 0.05) is 30.0 Å². The number of imidazole rings is 1. The molecule has 2 N–H and O–H groups in total. The standard InChI is InChI=1S/C23H30N4O/c1-3-19-7-5-6-14-26(19)16-21-23(17-8-11-20(12-9-17)28-4-2)25-22-13-10-18(24)15-27(21)22/h8-13,15,19H,3-7,14,16,24H2,1-2H3. The van der Waals surface area contributed by atoms with Crippen LogP contribution in [0, 0.1) is 0 Å². The maximum Gasteiger partial charge on any atom is 0.137 e. The fraction of sp³-hybridized carbons (Fsp3) is 0.435. The summed E-state index contributed by atoms with van der Waals surface area (Å²) in [5, 5.41) is 0. The molecule has 0 saturated carbocycles. The van der Waals surface area contributed by atoms with E-state index in [1.54, 1.807) is 0 Å². The first-order chi connectivity index (χ1) is 13.7. The number of hydrogen-bond acceptors (Lipinski definition) is 4. The number of anilines is 1. The van der Waals surface area contributed by atoms with Gasteiger partial charge in [-0.25, -0.2) is 4.98 Å². The fourth-order valence-electron chi connectivity index (χ4n) is 4.29. The van der Waals surface area contributed by atoms with E-state index in [0.717, 1.165) is 41.4 Å². The Morgan fingerprint density at radius 1 is 1.11 bits per heavy atom. The van der Waals surface area contributed by atoms with E-state index in [9.17, 15) is 0 Å². The summed E-state index contributed by atoms with van der Waals surface area (Å²) in [6.45, 7) is 7.01. The molecule has 1 atom stereocenters. The van der Waals surface area contributed by atoms with Gasteiger partial charge in [-0.2, -0.15) is 0 Å². The van der Waals surface area contributed by atoms with Crippen LogP contribution in [0.15, 0.2) is 42.6 Å². The normalized spacial score (nSPS) is 17.9. The number of nitrogens with zero attached hydrogens (tertiary/aromatic N) is 3. The van der Waals surface area contributed by atoms with Crippen LogP contribution in [0.2, 0.25) is 0 Å². The van der Waals surface area contributed by atoms with E-state index in [1.165, 1.54) is 31.4 Å². The first-order valence-electron chi connectivity index (χ1n) is 10.4. The fourth-order valence-corrected chi connectivity index (χ4v) is 4.29. The largest absolute Gasteiger partial charge is 0.494 e. The van der Waals surface area contributed by atoms with E-state index in [0.29, 0.717) is 12.6 Å². The number of ether oxygens (including phenoxy) is 1. The summed E-state index contributed by atoms with van der Waals surface area (Å²) >= 11 is 0. The molecule has 3 aromatic rings. The number of aromatic nitrogens is 2. The molecule has 1 aromatic carbocycles. The van der Waals surface area contributed by atoms with Crippen LogP contribution >= 0.6 is 0 Å². The SMILES string of the molecule is CCOc1ccc(-c2nc3ccc(N)cn3c2CN2CCCCC2CC)cc1. The minimum atomic E-state index is 0.647. The summed E-state index contributed by atoms with van der Waals surface area (Å²) in [6, 6.07) is 12.8. The van der Waals surface area contributed by atoms with Crippen molar-refractivity contribution < 1.29 is 4.74 Å². The van der Waals surface area contributed by atoms with E-state index in [4.69, 9.17) is 15.5 Å². The lowest BCUT2D eigenvalue weighted by molar-refractivity contribution is 0.134. The average Bonchev–Trinajstić information content (AvgIpc) is 3.07. The van der Waals surface area contributed by atoms with E-state index in [-0.39, 0.29) is 0 Å². The molecule has 2 aromatic heterocycles. The molecule has 3 heterocycles. The second-order valence-corrected chi connectivity index (χ2v) is 7.58. The number of nitrogen functional groups attached to an aromatic ring is 1. The van der Waals surface area contributed by atoms with E-state index in [1.807, 2.05) is 37.4 Å². The second-order valence-electron chi connectivity index (χ2n) is 7.58. The summed E-state index contributed by atoms with van der Waals surface area (Å²) in [7, 11) is 0. The molecule has 148 valence electrons. The molecule has 0 spiro atoms. The quantitative estimate of drug-likeness (QED) is 0.673. The second kappa shape index (κ2) is 8.23. The monoisotopic (exact) mass is 378 g/mol. The van der Waals surface area contributed by atoms with Crippen LogP contribution < -0.4 is 10.5 Å². The highest BCUT2D eigenvalue weighted by Crippen LogP contribution is 2.30. The van der Waals surface area contributed by atoms with Crippen LogP contribution in [-0.4, -0.2) is 33.5 Å². The molecule has 1 unspecified atom stereocenters. The maximum absolute atomic E-state index is 6.10. The molecule has 28 heavy (non-hydrogen) atoms. The van der Waals surface area contributed by atoms with Crippen molar-refractivity contribution in [3.63, 3.8) is 0 Å². The van der Waals surface area contributed by atoms with Gasteiger partial charge in [0.05, 0.1) is 18.0 Å². The van der Waals surface area contributed by atoms with Gasteiger partial charge in [0.2, 0.25) is 0 Å². The van der Waals surface area contributed by atoms with Gasteiger partial charge in [-0.05, 0) is 69.1 Å². The number of pyridine rings is 1. The molecule has 4 rings (SSSR count). The Morgan fingerprint density at radius 2 is 1.93 bits per heavy atom. The van der Waals surface area contributed by atoms with Crippen molar-refractivity contribution in [3.8, 4) is 17.0 Å². The van der Waals surface area contributed by atoms with Crippen molar-refractivity contribution in [2.45, 2.75) is 52.1 Å². The lowest BCUT2D eigenvalue weighted by Gasteiger charge is -2.35. The van der Waals surface area contributed by atoms with Crippen LogP contribution in [-0.2, 0) is 6.54 Å². The van der Waals surface area contributed by atoms with Crippen molar-refractivity contribution in [3.05, 3.63) is 48.3 Å². The van der Waals surface area contributed by atoms with Gasteiger partial charge in [-0.15, -0.1) is 0 Å². The third-order valence-corrected chi connectivity index (χ3v) is 5.75. The van der Waals surface area contributed by atoms with Crippen molar-refractivity contribution in [1.82, 2.24) is 14.3 Å². The molecule has 0 amide bonds. The molecule has 5 nitrogen and oxygen atoms in total. The zero-order chi connectivity index (χ0) is 19.5. The van der Waals surface area contributed by atoms with Crippen molar-refractivity contribution in [2.75, 3.05) is 18.9 Å². The van der Waals surface area contributed by atoms with Crippen LogP contribution in [0.25, 0.3) is 16.9 Å². The van der Waals surface area contributed by atoms with Crippen molar-refractivity contribution >= 4 is 11.3 Å². The Labute approximate surface area is 167 Å². The summed E-state index contributed by atoms with van der Waals surface area (Å²) in [6.07, 6.45) is 7.08. The van der Waals surface area contributed by atoms with Crippen LogP contribution in [0.4, 0.5) is 5.69 Å². The Hall–Kier alpha value is -2.53. The molecule has 1 fully saturated rings. The summed E-state index contributed by atoms with van der Waals surface area (Å²) in [4.78, 5) is 7.58. The van der Waals surface area contributed by atoms with E-state index in [2.05, 4.69) is 28.4 Å².